The second kappa shape index (κ2) is 14.2. The van der Waals surface area contributed by atoms with Gasteiger partial charge in [0.05, 0.1) is 0 Å². The third-order valence-electron chi connectivity index (χ3n) is 2.73. The SMILES string of the molecule is CCCCCC.CCCC[Si](OC)(OC)OC. The Labute approximate surface area is 109 Å². The molecule has 0 saturated carbocycles. The molecule has 0 aliphatic rings. The first-order chi connectivity index (χ1) is 8.16. The zero-order valence-electron chi connectivity index (χ0n) is 12.7. The van der Waals surface area contributed by atoms with Crippen LogP contribution in [0.2, 0.25) is 6.04 Å². The molecule has 0 aromatic heterocycles. The number of hydrogen-bond donors (Lipinski definition) is 0. The van der Waals surface area contributed by atoms with Crippen molar-refractivity contribution in [2.75, 3.05) is 21.3 Å². The summed E-state index contributed by atoms with van der Waals surface area (Å²) in [5.41, 5.74) is 0. The molecule has 0 bridgehead atoms. The van der Waals surface area contributed by atoms with E-state index in [9.17, 15) is 0 Å². The van der Waals surface area contributed by atoms with Crippen LogP contribution < -0.4 is 0 Å². The molecule has 0 amide bonds. The van der Waals surface area contributed by atoms with Crippen LogP contribution in [-0.2, 0) is 13.3 Å². The smallest absolute Gasteiger partial charge is 0.377 e. The predicted octanol–water partition coefficient (Wildman–Crippen LogP) is 4.25. The Bertz CT molecular complexity index is 126. The third kappa shape index (κ3) is 10.9. The monoisotopic (exact) mass is 264 g/mol. The average molecular weight is 264 g/mol. The van der Waals surface area contributed by atoms with Crippen molar-refractivity contribution in [2.24, 2.45) is 0 Å². The van der Waals surface area contributed by atoms with Crippen molar-refractivity contribution in [3.05, 3.63) is 0 Å². The molecular formula is C13H32O3Si. The van der Waals surface area contributed by atoms with Gasteiger partial charge in [-0.3, -0.25) is 0 Å². The maximum atomic E-state index is 5.23. The molecule has 17 heavy (non-hydrogen) atoms. The van der Waals surface area contributed by atoms with Crippen LogP contribution in [-0.4, -0.2) is 30.1 Å². The summed E-state index contributed by atoms with van der Waals surface area (Å²) >= 11 is 0. The lowest BCUT2D eigenvalue weighted by Crippen LogP contribution is -2.42. The Morgan fingerprint density at radius 2 is 1.00 bits per heavy atom. The van der Waals surface area contributed by atoms with E-state index in [1.54, 1.807) is 21.3 Å². The van der Waals surface area contributed by atoms with Crippen molar-refractivity contribution < 1.29 is 13.3 Å². The Kier molecular flexibility index (Phi) is 16.2. The molecule has 0 spiro atoms. The Morgan fingerprint density at radius 3 is 1.24 bits per heavy atom. The minimum atomic E-state index is -2.24. The molecule has 0 aromatic rings. The van der Waals surface area contributed by atoms with E-state index in [2.05, 4.69) is 20.8 Å². The van der Waals surface area contributed by atoms with Crippen molar-refractivity contribution in [1.29, 1.82) is 0 Å². The summed E-state index contributed by atoms with van der Waals surface area (Å²) in [5, 5.41) is 0. The number of hydrogen-bond acceptors (Lipinski definition) is 3. The van der Waals surface area contributed by atoms with E-state index in [0.717, 1.165) is 18.9 Å². The van der Waals surface area contributed by atoms with Crippen LogP contribution in [0.3, 0.4) is 0 Å². The third-order valence-corrected chi connectivity index (χ3v) is 5.56. The quantitative estimate of drug-likeness (QED) is 0.460. The lowest BCUT2D eigenvalue weighted by molar-refractivity contribution is 0.123. The Morgan fingerprint density at radius 1 is 0.647 bits per heavy atom. The molecule has 0 unspecified atom stereocenters. The zero-order chi connectivity index (χ0) is 13.6. The molecule has 0 N–H and O–H groups in total. The fraction of sp³-hybridized carbons (Fsp3) is 1.00. The molecule has 0 rings (SSSR count). The molecule has 106 valence electrons. The van der Waals surface area contributed by atoms with E-state index in [0.29, 0.717) is 0 Å². The maximum absolute atomic E-state index is 5.23. The molecular weight excluding hydrogens is 232 g/mol. The van der Waals surface area contributed by atoms with Gasteiger partial charge in [-0.1, -0.05) is 52.9 Å². The predicted molar refractivity (Wildman–Crippen MR) is 76.3 cm³/mol. The van der Waals surface area contributed by atoms with Gasteiger partial charge in [-0.25, -0.2) is 0 Å². The van der Waals surface area contributed by atoms with Gasteiger partial charge in [-0.15, -0.1) is 0 Å². The average Bonchev–Trinajstić information content (AvgIpc) is 2.39. The molecule has 0 aliphatic heterocycles. The van der Waals surface area contributed by atoms with Crippen LogP contribution in [0.25, 0.3) is 0 Å². The highest BCUT2D eigenvalue weighted by atomic mass is 28.4. The van der Waals surface area contributed by atoms with Gasteiger partial charge in [-0.05, 0) is 6.42 Å². The number of unbranched alkanes of at least 4 members (excludes halogenated alkanes) is 4. The van der Waals surface area contributed by atoms with Crippen molar-refractivity contribution in [2.45, 2.75) is 65.3 Å². The Hall–Kier alpha value is 0.0969. The van der Waals surface area contributed by atoms with Gasteiger partial charge in [0.2, 0.25) is 0 Å². The standard InChI is InChI=1S/C7H18O3Si.C6H14/c1-5-6-7-11(8-2,9-3)10-4;1-3-5-6-4-2/h5-7H2,1-4H3;3-6H2,1-2H3. The summed E-state index contributed by atoms with van der Waals surface area (Å²) in [5.74, 6) is 0. The van der Waals surface area contributed by atoms with Crippen LogP contribution >= 0.6 is 0 Å². The minimum absolute atomic E-state index is 0.910. The molecule has 0 aliphatic carbocycles. The summed E-state index contributed by atoms with van der Waals surface area (Å²) in [6, 6.07) is 0.910. The normalized spacial score (nSPS) is 10.9. The molecule has 0 radical (unpaired) electrons. The van der Waals surface area contributed by atoms with Crippen LogP contribution in [0.1, 0.15) is 59.3 Å². The second-order valence-electron chi connectivity index (χ2n) is 4.11. The lowest BCUT2D eigenvalue weighted by atomic mass is 10.2. The van der Waals surface area contributed by atoms with Gasteiger partial charge in [-0.2, -0.15) is 0 Å². The highest BCUT2D eigenvalue weighted by Crippen LogP contribution is 2.15. The summed E-state index contributed by atoms with van der Waals surface area (Å²) in [7, 11) is 2.70. The van der Waals surface area contributed by atoms with Crippen LogP contribution in [0, 0.1) is 0 Å². The van der Waals surface area contributed by atoms with Gasteiger partial charge in [0.1, 0.15) is 0 Å². The molecule has 0 aromatic carbocycles. The van der Waals surface area contributed by atoms with Gasteiger partial charge in [0.25, 0.3) is 0 Å². The minimum Gasteiger partial charge on any atom is -0.377 e. The maximum Gasteiger partial charge on any atom is 0.500 e. The molecule has 0 heterocycles. The molecule has 4 heteroatoms. The van der Waals surface area contributed by atoms with Crippen LogP contribution in [0.15, 0.2) is 0 Å². The topological polar surface area (TPSA) is 27.7 Å². The summed E-state index contributed by atoms with van der Waals surface area (Å²) < 4.78 is 15.7. The molecule has 3 nitrogen and oxygen atoms in total. The molecule has 0 atom stereocenters. The Balaban J connectivity index is 0. The highest BCUT2D eigenvalue weighted by Gasteiger charge is 2.36. The van der Waals surface area contributed by atoms with Crippen molar-refractivity contribution in [3.63, 3.8) is 0 Å². The first-order valence-corrected chi connectivity index (χ1v) is 8.74. The van der Waals surface area contributed by atoms with E-state index in [-0.39, 0.29) is 0 Å². The second-order valence-corrected chi connectivity index (χ2v) is 7.20. The van der Waals surface area contributed by atoms with E-state index < -0.39 is 8.80 Å². The van der Waals surface area contributed by atoms with Gasteiger partial charge in [0, 0.05) is 27.4 Å². The highest BCUT2D eigenvalue weighted by molar-refractivity contribution is 6.60. The van der Waals surface area contributed by atoms with Crippen molar-refractivity contribution in [1.82, 2.24) is 0 Å². The summed E-state index contributed by atoms with van der Waals surface area (Å²) in [6.45, 7) is 6.60. The summed E-state index contributed by atoms with van der Waals surface area (Å²) in [4.78, 5) is 0. The summed E-state index contributed by atoms with van der Waals surface area (Å²) in [6.07, 6.45) is 7.78. The molecule has 0 fully saturated rings. The largest absolute Gasteiger partial charge is 0.500 e. The number of rotatable bonds is 9. The fourth-order valence-corrected chi connectivity index (χ4v) is 3.35. The van der Waals surface area contributed by atoms with Gasteiger partial charge in [0.15, 0.2) is 0 Å². The van der Waals surface area contributed by atoms with E-state index in [1.165, 1.54) is 25.7 Å². The van der Waals surface area contributed by atoms with Crippen LogP contribution in [0.5, 0.6) is 0 Å². The lowest BCUT2D eigenvalue weighted by Gasteiger charge is -2.23. The first-order valence-electron chi connectivity index (χ1n) is 6.81. The zero-order valence-corrected chi connectivity index (χ0v) is 13.7. The van der Waals surface area contributed by atoms with E-state index in [1.807, 2.05) is 0 Å². The van der Waals surface area contributed by atoms with Crippen molar-refractivity contribution in [3.8, 4) is 0 Å². The van der Waals surface area contributed by atoms with E-state index >= 15 is 0 Å². The fourth-order valence-electron chi connectivity index (χ4n) is 1.45. The van der Waals surface area contributed by atoms with Crippen LogP contribution in [0.4, 0.5) is 0 Å². The van der Waals surface area contributed by atoms with E-state index in [4.69, 9.17) is 13.3 Å². The van der Waals surface area contributed by atoms with Gasteiger partial charge >= 0.3 is 8.80 Å². The van der Waals surface area contributed by atoms with Crippen molar-refractivity contribution >= 4 is 8.80 Å². The first kappa shape index (κ1) is 19.4. The molecule has 0 saturated heterocycles. The van der Waals surface area contributed by atoms with Gasteiger partial charge < -0.3 is 13.3 Å².